The molecule has 15 heteroatoms. The van der Waals surface area contributed by atoms with E-state index in [4.69, 9.17) is 32.0 Å². The summed E-state index contributed by atoms with van der Waals surface area (Å²) in [4.78, 5) is 59.1. The summed E-state index contributed by atoms with van der Waals surface area (Å²) in [6.45, 7) is 7.42. The fourth-order valence-electron chi connectivity index (χ4n) is 0.595. The van der Waals surface area contributed by atoms with Gasteiger partial charge in [-0.05, 0) is 39.3 Å². The molecule has 0 radical (unpaired) electrons. The van der Waals surface area contributed by atoms with Crippen LogP contribution in [0.1, 0.15) is 41.5 Å². The van der Waals surface area contributed by atoms with Crippen molar-refractivity contribution in [2.75, 3.05) is 0 Å². The number of aliphatic carboxylic acids is 3. The molecular weight excluding hydrogens is 459 g/mol. The number of aliphatic hydroxyl groups is 2. The Morgan fingerprint density at radius 1 is 0.742 bits per heavy atom. The van der Waals surface area contributed by atoms with Gasteiger partial charge >= 0.3 is 53.4 Å². The van der Waals surface area contributed by atoms with Gasteiger partial charge in [-0.3, -0.25) is 14.4 Å². The molecule has 176 valence electrons. The van der Waals surface area contributed by atoms with Crippen molar-refractivity contribution in [3.05, 3.63) is 0 Å². The summed E-state index contributed by atoms with van der Waals surface area (Å²) in [6, 6.07) is 0. The van der Waals surface area contributed by atoms with E-state index in [1.807, 2.05) is 0 Å². The topological polar surface area (TPSA) is 225 Å². The third-order valence-corrected chi connectivity index (χ3v) is 2.36. The fraction of sp³-hybridized carbons (Fsp3) is 0.625. The van der Waals surface area contributed by atoms with Gasteiger partial charge in [0.1, 0.15) is 6.10 Å². The van der Waals surface area contributed by atoms with Crippen LogP contribution in [0.5, 0.6) is 0 Å². The van der Waals surface area contributed by atoms with Gasteiger partial charge in [0.2, 0.25) is 0 Å². The summed E-state index contributed by atoms with van der Waals surface area (Å²) >= 11 is 4.96. The van der Waals surface area contributed by atoms with Crippen LogP contribution in [0.15, 0.2) is 0 Å². The minimum absolute atomic E-state index is 0. The number of esters is 2. The summed E-state index contributed by atoms with van der Waals surface area (Å²) < 4.78 is 8.66. The normalized spacial score (nSPS) is 12.4. The Bertz CT molecular complexity index is 528. The van der Waals surface area contributed by atoms with Crippen LogP contribution in [0.25, 0.3) is 0 Å². The first-order chi connectivity index (χ1) is 13.4. The quantitative estimate of drug-likeness (QED) is 0.158. The van der Waals surface area contributed by atoms with Gasteiger partial charge in [0.15, 0.2) is 12.2 Å². The van der Waals surface area contributed by atoms with Gasteiger partial charge in [-0.15, -0.1) is 0 Å². The molecule has 0 aromatic heterocycles. The van der Waals surface area contributed by atoms with E-state index in [9.17, 15) is 33.9 Å². The first kappa shape index (κ1) is 39.7. The van der Waals surface area contributed by atoms with Gasteiger partial charge in [0.05, 0.1) is 12.1 Å². The van der Waals surface area contributed by atoms with Gasteiger partial charge in [0.25, 0.3) is 5.24 Å². The SMILES string of the molecule is CC(=O)O[C@@H](C)C(=O)Cl.CC(=O)O[C@@H](C)C(=O)O.C[C@H](O)C(=O)O.C[C@H](O)C(=O)[O-].[Na+]. The molecule has 0 saturated carbocycles. The summed E-state index contributed by atoms with van der Waals surface area (Å²) in [5.74, 6) is -4.84. The van der Waals surface area contributed by atoms with Crippen LogP contribution in [0.4, 0.5) is 0 Å². The van der Waals surface area contributed by atoms with Crippen LogP contribution < -0.4 is 34.7 Å². The van der Waals surface area contributed by atoms with Gasteiger partial charge < -0.3 is 39.8 Å². The molecule has 31 heavy (non-hydrogen) atoms. The zero-order valence-electron chi connectivity index (χ0n) is 18.2. The molecule has 0 unspecified atom stereocenters. The predicted octanol–water partition coefficient (Wildman–Crippen LogP) is -4.70. The van der Waals surface area contributed by atoms with E-state index >= 15 is 0 Å². The van der Waals surface area contributed by atoms with Crippen molar-refractivity contribution in [1.29, 1.82) is 0 Å². The molecule has 4 atom stereocenters. The number of rotatable bonds is 6. The number of halogens is 1. The zero-order valence-corrected chi connectivity index (χ0v) is 20.9. The Hall–Kier alpha value is -1.77. The second-order valence-corrected chi connectivity index (χ2v) is 5.53. The van der Waals surface area contributed by atoms with Gasteiger partial charge in [-0.1, -0.05) is 0 Å². The van der Waals surface area contributed by atoms with Crippen LogP contribution >= 0.6 is 11.6 Å². The molecule has 0 amide bonds. The van der Waals surface area contributed by atoms with Crippen molar-refractivity contribution >= 4 is 46.7 Å². The van der Waals surface area contributed by atoms with Crippen LogP contribution in [-0.2, 0) is 38.2 Å². The largest absolute Gasteiger partial charge is 1.00 e. The summed E-state index contributed by atoms with van der Waals surface area (Å²) in [5.41, 5.74) is 0. The van der Waals surface area contributed by atoms with Gasteiger partial charge in [-0.25, -0.2) is 9.59 Å². The number of hydrogen-bond donors (Lipinski definition) is 4. The maximum Gasteiger partial charge on any atom is 1.00 e. The van der Waals surface area contributed by atoms with E-state index in [0.717, 1.165) is 6.92 Å². The van der Waals surface area contributed by atoms with Crippen molar-refractivity contribution in [2.45, 2.75) is 66.0 Å². The van der Waals surface area contributed by atoms with E-state index in [-0.39, 0.29) is 29.6 Å². The van der Waals surface area contributed by atoms with E-state index in [1.54, 1.807) is 0 Å². The van der Waals surface area contributed by atoms with E-state index < -0.39 is 59.5 Å². The van der Waals surface area contributed by atoms with Crippen molar-refractivity contribution in [3.8, 4) is 0 Å². The van der Waals surface area contributed by atoms with Gasteiger partial charge in [0, 0.05) is 13.8 Å². The van der Waals surface area contributed by atoms with Crippen molar-refractivity contribution < 1.29 is 93.3 Å². The molecule has 0 bridgehead atoms. The van der Waals surface area contributed by atoms with Crippen LogP contribution in [-0.4, -0.2) is 79.9 Å². The van der Waals surface area contributed by atoms with Crippen LogP contribution in [0, 0.1) is 0 Å². The number of ether oxygens (including phenoxy) is 2. The molecule has 13 nitrogen and oxygen atoms in total. The minimum Gasteiger partial charge on any atom is -0.547 e. The Morgan fingerprint density at radius 3 is 1.06 bits per heavy atom. The van der Waals surface area contributed by atoms with E-state index in [1.165, 1.54) is 34.6 Å². The minimum atomic E-state index is -1.44. The maximum atomic E-state index is 10.2. The first-order valence-electron chi connectivity index (χ1n) is 7.93. The predicted molar refractivity (Wildman–Crippen MR) is 97.0 cm³/mol. The molecule has 0 spiro atoms. The van der Waals surface area contributed by atoms with Crippen LogP contribution in [0.2, 0.25) is 0 Å². The van der Waals surface area contributed by atoms with Gasteiger partial charge in [-0.2, -0.15) is 0 Å². The monoisotopic (exact) mass is 484 g/mol. The van der Waals surface area contributed by atoms with Crippen molar-refractivity contribution in [3.63, 3.8) is 0 Å². The number of aliphatic hydroxyl groups excluding tert-OH is 2. The molecule has 0 rings (SSSR count). The molecule has 0 aliphatic heterocycles. The third-order valence-electron chi connectivity index (χ3n) is 2.05. The molecule has 0 aromatic rings. The standard InChI is InChI=1S/C5H7ClO3.C5H8O4.2C3H6O3.Na/c1-3(5(6)8)9-4(2)7;1-3(5(7)8)9-4(2)6;2*1-2(4)3(5)6;/h3H,1-2H3;3H,1-2H3,(H,7,8);2*2,4H,1H3,(H,5,6);/q;;;;+1/p-1/t2*3-;2*2-;/m0000./s1. The second-order valence-electron chi connectivity index (χ2n) is 5.15. The number of carbonyl (C=O) groups excluding carboxylic acids is 4. The molecule has 4 N–H and O–H groups in total. The Morgan fingerprint density at radius 2 is 1.00 bits per heavy atom. The van der Waals surface area contributed by atoms with Crippen molar-refractivity contribution in [1.82, 2.24) is 0 Å². The summed E-state index contributed by atoms with van der Waals surface area (Å²) in [7, 11) is 0. The molecular formula is C16H26ClNaO13. The fourth-order valence-corrected chi connectivity index (χ4v) is 0.639. The second kappa shape index (κ2) is 22.9. The molecule has 0 fully saturated rings. The van der Waals surface area contributed by atoms with E-state index in [0.29, 0.717) is 0 Å². The zero-order chi connectivity index (χ0) is 25.2. The molecule has 0 aromatic carbocycles. The average Bonchev–Trinajstić information content (AvgIpc) is 2.54. The number of carboxylic acid groups (broad SMARTS) is 3. The Kier molecular flexibility index (Phi) is 29.3. The first-order valence-corrected chi connectivity index (χ1v) is 8.30. The Labute approximate surface area is 205 Å². The number of hydrogen-bond acceptors (Lipinski definition) is 11. The molecule has 0 aliphatic rings. The molecule has 0 saturated heterocycles. The summed E-state index contributed by atoms with van der Waals surface area (Å²) in [5, 5.41) is 40.6. The maximum absolute atomic E-state index is 10.2. The molecule has 0 heterocycles. The van der Waals surface area contributed by atoms with Crippen LogP contribution in [0.3, 0.4) is 0 Å². The average molecular weight is 485 g/mol. The number of carbonyl (C=O) groups is 6. The smallest absolute Gasteiger partial charge is 0.547 e. The Balaban J connectivity index is -0.0000000977. The van der Waals surface area contributed by atoms with Crippen molar-refractivity contribution in [2.24, 2.45) is 0 Å². The molecule has 0 aliphatic carbocycles. The summed E-state index contributed by atoms with van der Waals surface area (Å²) in [6.07, 6.45) is -4.44. The number of carboxylic acids is 3. The van der Waals surface area contributed by atoms with E-state index in [2.05, 4.69) is 9.47 Å². The third kappa shape index (κ3) is 39.3.